The fraction of sp³-hybridized carbons (Fsp3) is 0.381. The second-order valence-corrected chi connectivity index (χ2v) is 7.70. The van der Waals surface area contributed by atoms with Gasteiger partial charge in [0.05, 0.1) is 9.85 Å². The summed E-state index contributed by atoms with van der Waals surface area (Å²) in [5.41, 5.74) is 1.34. The number of carbonyl (C=O) groups is 1. The molecule has 0 bridgehead atoms. The number of nitro groups is 2. The largest absolute Gasteiger partial charge is 0.509 e. The fourth-order valence-electron chi connectivity index (χ4n) is 3.48. The summed E-state index contributed by atoms with van der Waals surface area (Å²) in [6.45, 7) is 0. The predicted octanol–water partition coefficient (Wildman–Crippen LogP) is 5.26. The van der Waals surface area contributed by atoms with Gasteiger partial charge in [-0.25, -0.2) is 4.79 Å². The molecule has 0 N–H and O–H groups in total. The van der Waals surface area contributed by atoms with Crippen molar-refractivity contribution in [3.8, 4) is 0 Å². The van der Waals surface area contributed by atoms with E-state index in [2.05, 4.69) is 0 Å². The van der Waals surface area contributed by atoms with Gasteiger partial charge in [-0.1, -0.05) is 0 Å². The lowest BCUT2D eigenvalue weighted by Crippen LogP contribution is -2.18. The summed E-state index contributed by atoms with van der Waals surface area (Å²) in [7, 11) is 0. The van der Waals surface area contributed by atoms with Crippen LogP contribution >= 0.6 is 0 Å². The molecule has 0 aromatic heterocycles. The summed E-state index contributed by atoms with van der Waals surface area (Å²) < 4.78 is 11.2. The van der Waals surface area contributed by atoms with E-state index in [1.54, 1.807) is 24.3 Å². The maximum absolute atomic E-state index is 12.6. The molecule has 0 radical (unpaired) electrons. The molecule has 30 heavy (non-hydrogen) atoms. The molecule has 156 valence electrons. The number of nitrogens with zero attached hydrogens (tertiary/aromatic N) is 2. The van der Waals surface area contributed by atoms with Gasteiger partial charge in [0.2, 0.25) is 0 Å². The van der Waals surface area contributed by atoms with Crippen LogP contribution in [0.4, 0.5) is 16.2 Å². The molecular weight excluding hydrogens is 392 g/mol. The van der Waals surface area contributed by atoms with Crippen molar-refractivity contribution >= 4 is 17.5 Å². The third-order valence-electron chi connectivity index (χ3n) is 5.41. The van der Waals surface area contributed by atoms with Crippen LogP contribution in [-0.2, 0) is 9.47 Å². The van der Waals surface area contributed by atoms with Gasteiger partial charge in [0.1, 0.15) is 12.2 Å². The molecule has 2 saturated carbocycles. The molecule has 0 spiro atoms. The third kappa shape index (κ3) is 4.56. The first kappa shape index (κ1) is 19.8. The van der Waals surface area contributed by atoms with Gasteiger partial charge in [-0.2, -0.15) is 0 Å². The van der Waals surface area contributed by atoms with Crippen molar-refractivity contribution in [2.45, 2.75) is 37.9 Å². The van der Waals surface area contributed by atoms with Gasteiger partial charge in [-0.15, -0.1) is 0 Å². The Morgan fingerprint density at radius 3 is 1.33 bits per heavy atom. The monoisotopic (exact) mass is 412 g/mol. The molecule has 2 atom stereocenters. The second-order valence-electron chi connectivity index (χ2n) is 7.70. The summed E-state index contributed by atoms with van der Waals surface area (Å²) in [5, 5.41) is 21.7. The van der Waals surface area contributed by atoms with Crippen molar-refractivity contribution in [3.63, 3.8) is 0 Å². The lowest BCUT2D eigenvalue weighted by Gasteiger charge is -2.21. The highest BCUT2D eigenvalue weighted by Gasteiger charge is 2.39. The summed E-state index contributed by atoms with van der Waals surface area (Å²) in [6.07, 6.45) is 1.78. The van der Waals surface area contributed by atoms with E-state index in [0.717, 1.165) is 25.7 Å². The average molecular weight is 412 g/mol. The number of benzene rings is 2. The van der Waals surface area contributed by atoms with Gasteiger partial charge < -0.3 is 9.47 Å². The SMILES string of the molecule is O=C(OC(c1ccc([N+](=O)[O-])cc1)C1CC1)OC(c1ccc([N+](=O)[O-])cc1)C1CC1. The number of nitro benzene ring substituents is 2. The number of hydrogen-bond acceptors (Lipinski definition) is 7. The molecule has 2 aliphatic carbocycles. The van der Waals surface area contributed by atoms with E-state index in [1.807, 2.05) is 0 Å². The molecule has 2 unspecified atom stereocenters. The van der Waals surface area contributed by atoms with Crippen LogP contribution in [-0.4, -0.2) is 16.0 Å². The molecule has 2 aliphatic rings. The summed E-state index contributed by atoms with van der Waals surface area (Å²) in [6, 6.07) is 12.0. The Morgan fingerprint density at radius 2 is 1.07 bits per heavy atom. The van der Waals surface area contributed by atoms with Crippen LogP contribution in [0.15, 0.2) is 48.5 Å². The number of carbonyl (C=O) groups excluding carboxylic acids is 1. The van der Waals surface area contributed by atoms with Crippen molar-refractivity contribution in [2.75, 3.05) is 0 Å². The average Bonchev–Trinajstić information content (AvgIpc) is 3.63. The van der Waals surface area contributed by atoms with E-state index in [-0.39, 0.29) is 23.2 Å². The van der Waals surface area contributed by atoms with Crippen LogP contribution in [0.2, 0.25) is 0 Å². The first-order valence-corrected chi connectivity index (χ1v) is 9.78. The number of ether oxygens (including phenoxy) is 2. The number of non-ortho nitro benzene ring substituents is 2. The zero-order chi connectivity index (χ0) is 21.3. The van der Waals surface area contributed by atoms with E-state index in [0.29, 0.717) is 11.1 Å². The van der Waals surface area contributed by atoms with Crippen LogP contribution in [0.1, 0.15) is 49.0 Å². The minimum atomic E-state index is -0.805. The molecule has 2 aromatic rings. The third-order valence-corrected chi connectivity index (χ3v) is 5.41. The van der Waals surface area contributed by atoms with Crippen LogP contribution in [0.5, 0.6) is 0 Å². The zero-order valence-corrected chi connectivity index (χ0v) is 16.0. The quantitative estimate of drug-likeness (QED) is 0.329. The molecule has 0 amide bonds. The predicted molar refractivity (Wildman–Crippen MR) is 105 cm³/mol. The van der Waals surface area contributed by atoms with E-state index < -0.39 is 28.2 Å². The maximum atomic E-state index is 12.6. The molecule has 4 rings (SSSR count). The van der Waals surface area contributed by atoms with Gasteiger partial charge in [0.25, 0.3) is 11.4 Å². The van der Waals surface area contributed by atoms with Crippen molar-refractivity contribution < 1.29 is 24.1 Å². The topological polar surface area (TPSA) is 122 Å². The Balaban J connectivity index is 1.45. The Bertz CT molecular complexity index is 873. The fourth-order valence-corrected chi connectivity index (χ4v) is 3.48. The molecule has 9 heteroatoms. The molecule has 0 aliphatic heterocycles. The van der Waals surface area contributed by atoms with Crippen LogP contribution in [0, 0.1) is 32.1 Å². The molecule has 2 fully saturated rings. The van der Waals surface area contributed by atoms with E-state index in [4.69, 9.17) is 9.47 Å². The number of rotatable bonds is 8. The van der Waals surface area contributed by atoms with Gasteiger partial charge in [0, 0.05) is 36.1 Å². The van der Waals surface area contributed by atoms with Gasteiger partial charge in [-0.05, 0) is 61.1 Å². The number of hydrogen-bond donors (Lipinski definition) is 0. The first-order chi connectivity index (χ1) is 14.4. The van der Waals surface area contributed by atoms with Crippen LogP contribution < -0.4 is 0 Å². The summed E-state index contributed by atoms with van der Waals surface area (Å²) in [4.78, 5) is 33.3. The van der Waals surface area contributed by atoms with Crippen LogP contribution in [0.3, 0.4) is 0 Å². The molecule has 9 nitrogen and oxygen atoms in total. The van der Waals surface area contributed by atoms with Crippen molar-refractivity contribution in [1.82, 2.24) is 0 Å². The normalized spacial score (nSPS) is 17.6. The Labute approximate surface area is 171 Å². The second kappa shape index (κ2) is 8.10. The van der Waals surface area contributed by atoms with E-state index >= 15 is 0 Å². The highest BCUT2D eigenvalue weighted by atomic mass is 16.7. The molecule has 2 aromatic carbocycles. The van der Waals surface area contributed by atoms with Gasteiger partial charge in [-0.3, -0.25) is 20.2 Å². The maximum Gasteiger partial charge on any atom is 0.509 e. The minimum absolute atomic E-state index is 0.0251. The van der Waals surface area contributed by atoms with E-state index in [1.165, 1.54) is 24.3 Å². The highest BCUT2D eigenvalue weighted by molar-refractivity contribution is 5.61. The highest BCUT2D eigenvalue weighted by Crippen LogP contribution is 2.46. The summed E-state index contributed by atoms with van der Waals surface area (Å²) in [5.74, 6) is 0.329. The standard InChI is InChI=1S/C21H20N2O7/c24-21(29-19(13-1-2-13)15-5-9-17(10-6-15)22(25)26)30-20(14-3-4-14)16-7-11-18(12-8-16)23(27)28/h5-14,19-20H,1-4H2. The summed E-state index contributed by atoms with van der Waals surface area (Å²) >= 11 is 0. The molecular formula is C21H20N2O7. The van der Waals surface area contributed by atoms with Crippen molar-refractivity contribution in [1.29, 1.82) is 0 Å². The lowest BCUT2D eigenvalue weighted by atomic mass is 10.0. The zero-order valence-electron chi connectivity index (χ0n) is 16.0. The minimum Gasteiger partial charge on any atom is -0.426 e. The molecule has 0 saturated heterocycles. The van der Waals surface area contributed by atoms with Crippen molar-refractivity contribution in [2.24, 2.45) is 11.8 Å². The van der Waals surface area contributed by atoms with Crippen LogP contribution in [0.25, 0.3) is 0 Å². The first-order valence-electron chi connectivity index (χ1n) is 9.78. The van der Waals surface area contributed by atoms with Gasteiger partial charge >= 0.3 is 6.16 Å². The van der Waals surface area contributed by atoms with Gasteiger partial charge in [0.15, 0.2) is 0 Å². The Morgan fingerprint density at radius 1 is 0.733 bits per heavy atom. The smallest absolute Gasteiger partial charge is 0.426 e. The Hall–Kier alpha value is -3.49. The van der Waals surface area contributed by atoms with E-state index in [9.17, 15) is 25.0 Å². The Kier molecular flexibility index (Phi) is 5.35. The molecule has 0 heterocycles. The lowest BCUT2D eigenvalue weighted by molar-refractivity contribution is -0.385. The van der Waals surface area contributed by atoms with Crippen molar-refractivity contribution in [3.05, 3.63) is 79.9 Å².